The van der Waals surface area contributed by atoms with E-state index in [1.54, 1.807) is 4.57 Å². The third-order valence-electron chi connectivity index (χ3n) is 3.74. The van der Waals surface area contributed by atoms with Crippen LogP contribution in [0.4, 0.5) is 11.4 Å². The van der Waals surface area contributed by atoms with Gasteiger partial charge in [0.2, 0.25) is 0 Å². The van der Waals surface area contributed by atoms with Gasteiger partial charge in [-0.25, -0.2) is 0 Å². The van der Waals surface area contributed by atoms with Crippen LogP contribution in [0.25, 0.3) is 16.4 Å². The molecule has 1 heterocycles. The van der Waals surface area contributed by atoms with Crippen LogP contribution >= 0.6 is 23.6 Å². The average Bonchev–Trinajstić information content (AvgIpc) is 2.94. The highest BCUT2D eigenvalue weighted by Gasteiger charge is 2.17. The number of aromatic nitrogens is 1. The van der Waals surface area contributed by atoms with Crippen molar-refractivity contribution in [1.82, 2.24) is 4.57 Å². The van der Waals surface area contributed by atoms with Crippen LogP contribution in [0.2, 0.25) is 0 Å². The van der Waals surface area contributed by atoms with Crippen LogP contribution in [0.1, 0.15) is 6.92 Å². The number of nitro benzene ring substituents is 1. The van der Waals surface area contributed by atoms with E-state index in [0.717, 1.165) is 10.2 Å². The Morgan fingerprint density at radius 2 is 1.85 bits per heavy atom. The largest absolute Gasteiger partial charge is 0.322 e. The van der Waals surface area contributed by atoms with E-state index in [-0.39, 0.29) is 11.3 Å². The van der Waals surface area contributed by atoms with E-state index in [1.807, 2.05) is 24.3 Å². The molecule has 9 heteroatoms. The predicted octanol–water partition coefficient (Wildman–Crippen LogP) is 4.41. The van der Waals surface area contributed by atoms with E-state index in [9.17, 15) is 19.7 Å². The topological polar surface area (TPSA) is 94.2 Å². The molecule has 7 nitrogen and oxygen atoms in total. The van der Waals surface area contributed by atoms with Crippen molar-refractivity contribution in [1.29, 1.82) is 0 Å². The number of para-hydroxylation sites is 1. The first kappa shape index (κ1) is 18.6. The number of thiazole rings is 1. The van der Waals surface area contributed by atoms with Crippen LogP contribution < -0.4 is 5.32 Å². The van der Waals surface area contributed by atoms with Gasteiger partial charge in [-0.1, -0.05) is 12.1 Å². The molecule has 1 aromatic heterocycles. The average molecular weight is 399 g/mol. The summed E-state index contributed by atoms with van der Waals surface area (Å²) in [6.45, 7) is 1.29. The van der Waals surface area contributed by atoms with Crippen molar-refractivity contribution in [3.63, 3.8) is 0 Å². The van der Waals surface area contributed by atoms with Gasteiger partial charge in [0.05, 0.1) is 20.7 Å². The van der Waals surface area contributed by atoms with Crippen LogP contribution in [0.15, 0.2) is 54.1 Å². The van der Waals surface area contributed by atoms with Crippen LogP contribution in [-0.4, -0.2) is 21.2 Å². The van der Waals surface area contributed by atoms with Gasteiger partial charge in [-0.2, -0.15) is 0 Å². The summed E-state index contributed by atoms with van der Waals surface area (Å²) in [5.74, 6) is -1.04. The molecule has 0 atom stereocenters. The molecule has 0 fully saturated rings. The number of nitro groups is 1. The number of Topliss-reactive ketones (excluding diaryl/α,β-unsaturated/α-hetero) is 1. The Bertz CT molecular complexity index is 1140. The number of hydrogen-bond acceptors (Lipinski definition) is 6. The van der Waals surface area contributed by atoms with Crippen molar-refractivity contribution in [2.45, 2.75) is 6.92 Å². The standard InChI is InChI=1S/C18H13N3O4S2/c1-11(22)14(10-20-15-4-2-3-5-16(15)27-18(20)26)17(23)19-12-6-8-13(9-7-12)21(24)25/h2-10H,1H3,(H,19,23)/b14-10-. The molecule has 3 aromatic rings. The number of rotatable bonds is 5. The monoisotopic (exact) mass is 399 g/mol. The fourth-order valence-electron chi connectivity index (χ4n) is 2.41. The highest BCUT2D eigenvalue weighted by atomic mass is 32.1. The first-order valence-corrected chi connectivity index (χ1v) is 8.98. The third-order valence-corrected chi connectivity index (χ3v) is 5.12. The SMILES string of the molecule is CC(=O)/C(=C/n1c(=S)sc2ccccc21)C(=O)Nc1ccc([N+](=O)[O-])cc1. The number of hydrogen-bond donors (Lipinski definition) is 1. The molecule has 2 aromatic carbocycles. The molecule has 0 radical (unpaired) electrons. The zero-order valence-corrected chi connectivity index (χ0v) is 15.7. The maximum atomic E-state index is 12.6. The minimum Gasteiger partial charge on any atom is -0.322 e. The summed E-state index contributed by atoms with van der Waals surface area (Å²) in [6, 6.07) is 12.8. The number of amides is 1. The fourth-order valence-corrected chi connectivity index (χ4v) is 3.69. The summed E-state index contributed by atoms with van der Waals surface area (Å²) >= 11 is 6.72. The van der Waals surface area contributed by atoms with Crippen LogP contribution in [-0.2, 0) is 9.59 Å². The molecule has 0 spiro atoms. The van der Waals surface area contributed by atoms with Crippen molar-refractivity contribution in [3.8, 4) is 0 Å². The van der Waals surface area contributed by atoms with Crippen molar-refractivity contribution < 1.29 is 14.5 Å². The van der Waals surface area contributed by atoms with E-state index >= 15 is 0 Å². The zero-order valence-electron chi connectivity index (χ0n) is 14.0. The van der Waals surface area contributed by atoms with E-state index in [2.05, 4.69) is 5.32 Å². The van der Waals surface area contributed by atoms with E-state index in [4.69, 9.17) is 12.2 Å². The van der Waals surface area contributed by atoms with Crippen molar-refractivity contribution >= 4 is 63.0 Å². The van der Waals surface area contributed by atoms with E-state index in [0.29, 0.717) is 9.64 Å². The summed E-state index contributed by atoms with van der Waals surface area (Å²) in [6.07, 6.45) is 1.42. The highest BCUT2D eigenvalue weighted by molar-refractivity contribution is 7.73. The van der Waals surface area contributed by atoms with Crippen LogP contribution in [0, 0.1) is 14.1 Å². The lowest BCUT2D eigenvalue weighted by Gasteiger charge is -2.07. The number of non-ortho nitro benzene ring substituents is 1. The van der Waals surface area contributed by atoms with E-state index in [1.165, 1.54) is 48.7 Å². The van der Waals surface area contributed by atoms with Gasteiger partial charge >= 0.3 is 0 Å². The first-order chi connectivity index (χ1) is 12.9. The molecular formula is C18H13N3O4S2. The van der Waals surface area contributed by atoms with Gasteiger partial charge in [-0.05, 0) is 43.4 Å². The van der Waals surface area contributed by atoms with Gasteiger partial charge in [-0.15, -0.1) is 11.3 Å². The lowest BCUT2D eigenvalue weighted by Crippen LogP contribution is -2.19. The quantitative estimate of drug-likeness (QED) is 0.171. The molecule has 0 aliphatic carbocycles. The molecule has 0 unspecified atom stereocenters. The minimum absolute atomic E-state index is 0.0759. The molecule has 3 rings (SSSR count). The summed E-state index contributed by atoms with van der Waals surface area (Å²) in [5.41, 5.74) is 0.977. The van der Waals surface area contributed by atoms with Crippen molar-refractivity contribution in [2.24, 2.45) is 0 Å². The molecule has 0 aliphatic heterocycles. The van der Waals surface area contributed by atoms with Crippen molar-refractivity contribution in [2.75, 3.05) is 5.32 Å². The predicted molar refractivity (Wildman–Crippen MR) is 107 cm³/mol. The number of nitrogens with zero attached hydrogens (tertiary/aromatic N) is 2. The molecule has 27 heavy (non-hydrogen) atoms. The second-order valence-corrected chi connectivity index (χ2v) is 7.24. The first-order valence-electron chi connectivity index (χ1n) is 7.75. The Kier molecular flexibility index (Phi) is 5.24. The second kappa shape index (κ2) is 7.60. The number of fused-ring (bicyclic) bond motifs is 1. The molecule has 0 saturated carbocycles. The number of benzene rings is 2. The maximum Gasteiger partial charge on any atom is 0.269 e. The molecule has 0 bridgehead atoms. The molecule has 1 amide bonds. The lowest BCUT2D eigenvalue weighted by molar-refractivity contribution is -0.384. The summed E-state index contributed by atoms with van der Waals surface area (Å²) in [5, 5.41) is 13.3. The van der Waals surface area contributed by atoms with Gasteiger partial charge in [0.15, 0.2) is 9.74 Å². The molecule has 1 N–H and O–H groups in total. The summed E-state index contributed by atoms with van der Waals surface area (Å²) in [7, 11) is 0. The van der Waals surface area contributed by atoms with Crippen LogP contribution in [0.5, 0.6) is 0 Å². The van der Waals surface area contributed by atoms with Gasteiger partial charge in [0.25, 0.3) is 11.6 Å². The Morgan fingerprint density at radius 3 is 2.48 bits per heavy atom. The van der Waals surface area contributed by atoms with Gasteiger partial charge in [-0.3, -0.25) is 24.3 Å². The Balaban J connectivity index is 1.95. The van der Waals surface area contributed by atoms with Crippen LogP contribution in [0.3, 0.4) is 0 Å². The second-order valence-electron chi connectivity index (χ2n) is 5.56. The molecular weight excluding hydrogens is 386 g/mol. The Labute approximate surface area is 162 Å². The number of nitrogens with one attached hydrogen (secondary N) is 1. The third kappa shape index (κ3) is 3.99. The normalized spacial score (nSPS) is 11.4. The summed E-state index contributed by atoms with van der Waals surface area (Å²) in [4.78, 5) is 34.8. The zero-order chi connectivity index (χ0) is 19.6. The van der Waals surface area contributed by atoms with E-state index < -0.39 is 16.6 Å². The number of ketones is 1. The lowest BCUT2D eigenvalue weighted by atomic mass is 10.1. The van der Waals surface area contributed by atoms with Gasteiger partial charge < -0.3 is 5.32 Å². The number of carbonyl (C=O) groups excluding carboxylic acids is 2. The minimum atomic E-state index is -0.617. The highest BCUT2D eigenvalue weighted by Crippen LogP contribution is 2.24. The molecule has 136 valence electrons. The fraction of sp³-hybridized carbons (Fsp3) is 0.0556. The Morgan fingerprint density at radius 1 is 1.19 bits per heavy atom. The number of carbonyl (C=O) groups is 2. The smallest absolute Gasteiger partial charge is 0.269 e. The van der Waals surface area contributed by atoms with Gasteiger partial charge in [0, 0.05) is 24.0 Å². The van der Waals surface area contributed by atoms with Gasteiger partial charge in [0.1, 0.15) is 0 Å². The molecule has 0 aliphatic rings. The maximum absolute atomic E-state index is 12.6. The van der Waals surface area contributed by atoms with Crippen molar-refractivity contribution in [3.05, 3.63) is 68.2 Å². The summed E-state index contributed by atoms with van der Waals surface area (Å²) < 4.78 is 3.08. The molecule has 0 saturated heterocycles. The Hall–Kier alpha value is -3.17. The number of anilines is 1.